The van der Waals surface area contributed by atoms with Crippen LogP contribution >= 0.6 is 0 Å². The lowest BCUT2D eigenvalue weighted by molar-refractivity contribution is -0.175. The third-order valence-corrected chi connectivity index (χ3v) is 3.48. The molecule has 1 fully saturated rings. The molecular weight excluding hydrogens is 301 g/mol. The van der Waals surface area contributed by atoms with E-state index in [4.69, 9.17) is 5.26 Å². The number of rotatable bonds is 2. The summed E-state index contributed by atoms with van der Waals surface area (Å²) in [4.78, 5) is 27.2. The van der Waals surface area contributed by atoms with Gasteiger partial charge in [0.2, 0.25) is 0 Å². The number of hydrogen-bond acceptors (Lipinski definition) is 3. The van der Waals surface area contributed by atoms with Crippen LogP contribution in [0.4, 0.5) is 13.2 Å². The number of carbonyl (C=O) groups excluding carboxylic acids is 2. The van der Waals surface area contributed by atoms with Crippen LogP contribution in [-0.2, 0) is 4.79 Å². The molecule has 0 unspecified atom stereocenters. The van der Waals surface area contributed by atoms with Crippen LogP contribution < -0.4 is 5.32 Å². The van der Waals surface area contributed by atoms with Crippen LogP contribution in [0, 0.1) is 11.3 Å². The summed E-state index contributed by atoms with van der Waals surface area (Å²) >= 11 is 0. The summed E-state index contributed by atoms with van der Waals surface area (Å²) in [5.74, 6) is -2.44. The predicted molar refractivity (Wildman–Crippen MR) is 68.6 cm³/mol. The molecule has 1 atom stereocenters. The van der Waals surface area contributed by atoms with Gasteiger partial charge < -0.3 is 15.2 Å². The predicted octanol–water partition coefficient (Wildman–Crippen LogP) is 1.17. The van der Waals surface area contributed by atoms with Crippen molar-refractivity contribution in [2.75, 3.05) is 13.1 Å². The molecule has 6 nitrogen and oxygen atoms in total. The van der Waals surface area contributed by atoms with E-state index in [0.717, 1.165) is 0 Å². The highest BCUT2D eigenvalue weighted by Crippen LogP contribution is 2.25. The van der Waals surface area contributed by atoms with Gasteiger partial charge in [-0.25, -0.2) is 0 Å². The Morgan fingerprint density at radius 3 is 2.73 bits per heavy atom. The number of H-pyrrole nitrogens is 1. The molecule has 1 aromatic heterocycles. The maximum Gasteiger partial charge on any atom is 0.471 e. The molecule has 22 heavy (non-hydrogen) atoms. The normalized spacial score (nSPS) is 21.5. The average molecular weight is 314 g/mol. The van der Waals surface area contributed by atoms with Gasteiger partial charge in [-0.1, -0.05) is 0 Å². The summed E-state index contributed by atoms with van der Waals surface area (Å²) < 4.78 is 36.9. The van der Waals surface area contributed by atoms with E-state index in [1.165, 1.54) is 24.1 Å². The Bertz CT molecular complexity index is 646. The van der Waals surface area contributed by atoms with Gasteiger partial charge in [-0.3, -0.25) is 9.59 Å². The van der Waals surface area contributed by atoms with E-state index in [0.29, 0.717) is 0 Å². The number of hydrogen-bond donors (Lipinski definition) is 2. The Balaban J connectivity index is 2.04. The highest BCUT2D eigenvalue weighted by atomic mass is 19.4. The van der Waals surface area contributed by atoms with Crippen molar-refractivity contribution in [2.24, 2.45) is 0 Å². The fraction of sp³-hybridized carbons (Fsp3) is 0.462. The molecule has 0 aliphatic carbocycles. The molecule has 1 aliphatic heterocycles. The third kappa shape index (κ3) is 3.21. The first-order chi connectivity index (χ1) is 10.1. The lowest BCUT2D eigenvalue weighted by Gasteiger charge is -2.26. The summed E-state index contributed by atoms with van der Waals surface area (Å²) in [7, 11) is 0. The van der Waals surface area contributed by atoms with Gasteiger partial charge in [0.15, 0.2) is 0 Å². The van der Waals surface area contributed by atoms with E-state index >= 15 is 0 Å². The molecule has 0 aromatic carbocycles. The summed E-state index contributed by atoms with van der Waals surface area (Å²) in [6, 6.07) is 3.24. The first-order valence-corrected chi connectivity index (χ1v) is 6.42. The van der Waals surface area contributed by atoms with E-state index in [-0.39, 0.29) is 30.8 Å². The van der Waals surface area contributed by atoms with Crippen molar-refractivity contribution in [3.05, 3.63) is 23.5 Å². The second kappa shape index (κ2) is 5.36. The number of carbonyl (C=O) groups is 2. The fourth-order valence-corrected chi connectivity index (χ4v) is 2.33. The second-order valence-corrected chi connectivity index (χ2v) is 5.40. The van der Waals surface area contributed by atoms with Crippen molar-refractivity contribution in [1.82, 2.24) is 15.2 Å². The molecule has 2 amide bonds. The number of nitriles is 1. The molecule has 2 rings (SSSR count). The Morgan fingerprint density at radius 2 is 2.18 bits per heavy atom. The molecule has 9 heteroatoms. The zero-order valence-corrected chi connectivity index (χ0v) is 11.6. The van der Waals surface area contributed by atoms with E-state index in [1.54, 1.807) is 0 Å². The van der Waals surface area contributed by atoms with Gasteiger partial charge in [0.25, 0.3) is 5.91 Å². The molecule has 0 saturated carbocycles. The Morgan fingerprint density at radius 1 is 1.50 bits per heavy atom. The Kier molecular flexibility index (Phi) is 3.87. The lowest BCUT2D eigenvalue weighted by atomic mass is 10.0. The van der Waals surface area contributed by atoms with Crippen LogP contribution in [-0.4, -0.2) is 46.5 Å². The van der Waals surface area contributed by atoms with Gasteiger partial charge in [0.05, 0.1) is 11.1 Å². The molecule has 2 N–H and O–H groups in total. The average Bonchev–Trinajstić information content (AvgIpc) is 3.03. The van der Waals surface area contributed by atoms with Crippen molar-refractivity contribution in [1.29, 1.82) is 5.26 Å². The van der Waals surface area contributed by atoms with Gasteiger partial charge in [-0.2, -0.15) is 18.4 Å². The van der Waals surface area contributed by atoms with Gasteiger partial charge in [0, 0.05) is 19.3 Å². The van der Waals surface area contributed by atoms with Gasteiger partial charge in [-0.15, -0.1) is 0 Å². The minimum absolute atomic E-state index is 0.0332. The quantitative estimate of drug-likeness (QED) is 0.859. The van der Waals surface area contributed by atoms with Crippen LogP contribution in [0.3, 0.4) is 0 Å². The largest absolute Gasteiger partial charge is 0.471 e. The minimum Gasteiger partial charge on any atom is -0.356 e. The number of aromatic amines is 1. The van der Waals surface area contributed by atoms with Crippen LogP contribution in [0.25, 0.3) is 0 Å². The molecule has 0 spiro atoms. The number of alkyl halides is 3. The summed E-state index contributed by atoms with van der Waals surface area (Å²) in [6.45, 7) is 1.64. The summed E-state index contributed by atoms with van der Waals surface area (Å²) in [6.07, 6.45) is -3.37. The molecule has 0 bridgehead atoms. The smallest absolute Gasteiger partial charge is 0.356 e. The van der Waals surface area contributed by atoms with E-state index < -0.39 is 23.5 Å². The molecule has 0 radical (unpaired) electrons. The SMILES string of the molecule is C[C@]1(NC(=O)C(F)(F)F)CCN(C(=O)c2cc(C#N)c[nH]2)C1. The highest BCUT2D eigenvalue weighted by Gasteiger charge is 2.45. The number of nitrogens with zero attached hydrogens (tertiary/aromatic N) is 2. The first-order valence-electron chi connectivity index (χ1n) is 6.42. The fourth-order valence-electron chi connectivity index (χ4n) is 2.33. The van der Waals surface area contributed by atoms with E-state index in [9.17, 15) is 22.8 Å². The van der Waals surface area contributed by atoms with Gasteiger partial charge in [0.1, 0.15) is 11.8 Å². The van der Waals surface area contributed by atoms with Crippen LogP contribution in [0.5, 0.6) is 0 Å². The standard InChI is InChI=1S/C13H13F3N4O2/c1-12(19-11(22)13(14,15)16)2-3-20(7-12)10(21)9-4-8(5-17)6-18-9/h4,6,18H,2-3,7H2,1H3,(H,19,22)/t12-/m0/s1. The van der Waals surface area contributed by atoms with Crippen LogP contribution in [0.15, 0.2) is 12.3 Å². The Labute approximate surface area is 123 Å². The molecule has 1 aromatic rings. The van der Waals surface area contributed by atoms with Crippen molar-refractivity contribution >= 4 is 11.8 Å². The van der Waals surface area contributed by atoms with Crippen LogP contribution in [0.1, 0.15) is 29.4 Å². The molecular formula is C13H13F3N4O2. The maximum atomic E-state index is 12.3. The number of nitrogens with one attached hydrogen (secondary N) is 2. The third-order valence-electron chi connectivity index (χ3n) is 3.48. The first kappa shape index (κ1) is 15.9. The highest BCUT2D eigenvalue weighted by molar-refractivity contribution is 5.93. The molecule has 1 saturated heterocycles. The summed E-state index contributed by atoms with van der Waals surface area (Å²) in [5, 5.41) is 10.6. The van der Waals surface area contributed by atoms with Gasteiger partial charge >= 0.3 is 12.1 Å². The zero-order chi connectivity index (χ0) is 16.5. The molecule has 118 valence electrons. The maximum absolute atomic E-state index is 12.3. The number of likely N-dealkylation sites (tertiary alicyclic amines) is 1. The van der Waals surface area contributed by atoms with Crippen molar-refractivity contribution in [3.63, 3.8) is 0 Å². The van der Waals surface area contributed by atoms with Crippen molar-refractivity contribution < 1.29 is 22.8 Å². The summed E-state index contributed by atoms with van der Waals surface area (Å²) in [5.41, 5.74) is -0.661. The Hall–Kier alpha value is -2.50. The lowest BCUT2D eigenvalue weighted by Crippen LogP contribution is -2.52. The molecule has 2 heterocycles. The van der Waals surface area contributed by atoms with Crippen molar-refractivity contribution in [2.45, 2.75) is 25.1 Å². The number of amides is 2. The monoisotopic (exact) mass is 314 g/mol. The minimum atomic E-state index is -4.96. The second-order valence-electron chi connectivity index (χ2n) is 5.40. The van der Waals surface area contributed by atoms with E-state index in [2.05, 4.69) is 4.98 Å². The number of aromatic nitrogens is 1. The van der Waals surface area contributed by atoms with Gasteiger partial charge in [-0.05, 0) is 19.4 Å². The topological polar surface area (TPSA) is 89.0 Å². The number of halogens is 3. The van der Waals surface area contributed by atoms with Crippen molar-refractivity contribution in [3.8, 4) is 6.07 Å². The molecule has 1 aliphatic rings. The van der Waals surface area contributed by atoms with E-state index in [1.807, 2.05) is 11.4 Å². The van der Waals surface area contributed by atoms with Crippen LogP contribution in [0.2, 0.25) is 0 Å². The zero-order valence-electron chi connectivity index (χ0n) is 11.6.